The zero-order chi connectivity index (χ0) is 5.56. The van der Waals surface area contributed by atoms with Crippen LogP contribution in [-0.4, -0.2) is 24.7 Å². The number of hydrogen-bond acceptors (Lipinski definition) is 3. The summed E-state index contributed by atoms with van der Waals surface area (Å²) in [6.07, 6.45) is 1.08. The fraction of sp³-hybridized carbons (Fsp3) is 0.800. The van der Waals surface area contributed by atoms with E-state index in [0.717, 1.165) is 13.0 Å². The van der Waals surface area contributed by atoms with Crippen molar-refractivity contribution in [1.82, 2.24) is 5.32 Å². The first-order valence-electron chi connectivity index (χ1n) is 2.80. The van der Waals surface area contributed by atoms with Gasteiger partial charge in [0, 0.05) is 13.0 Å². The Bertz CT molecular complexity index is 134. The Morgan fingerprint density at radius 2 is 2.62 bits per heavy atom. The van der Waals surface area contributed by atoms with E-state index in [4.69, 9.17) is 4.74 Å². The molecule has 2 bridgehead atoms. The number of fused-ring (bicyclic) bond motifs is 2. The summed E-state index contributed by atoms with van der Waals surface area (Å²) in [5.74, 6) is -0.0683. The number of carbonyl (C=O) groups is 1. The Balaban J connectivity index is 2.22. The lowest BCUT2D eigenvalue weighted by Crippen LogP contribution is -2.35. The SMILES string of the molecule is O=C1OC2CN[C@H]1C2. The van der Waals surface area contributed by atoms with Gasteiger partial charge in [0.05, 0.1) is 0 Å². The Morgan fingerprint density at radius 3 is 2.88 bits per heavy atom. The van der Waals surface area contributed by atoms with Gasteiger partial charge in [-0.2, -0.15) is 0 Å². The number of nitrogens with one attached hydrogen (secondary N) is 1. The third-order valence-corrected chi connectivity index (χ3v) is 1.66. The molecule has 0 aliphatic carbocycles. The number of morpholine rings is 1. The van der Waals surface area contributed by atoms with Crippen LogP contribution in [0, 0.1) is 0 Å². The summed E-state index contributed by atoms with van der Waals surface area (Å²) < 4.78 is 4.86. The first kappa shape index (κ1) is 4.32. The van der Waals surface area contributed by atoms with Crippen LogP contribution in [0.4, 0.5) is 0 Å². The number of ether oxygens (including phenoxy) is 1. The number of esters is 1. The molecule has 0 spiro atoms. The van der Waals surface area contributed by atoms with Crippen molar-refractivity contribution in [2.75, 3.05) is 6.54 Å². The molecule has 0 radical (unpaired) electrons. The minimum atomic E-state index is -0.0683. The molecule has 2 aliphatic heterocycles. The summed E-state index contributed by atoms with van der Waals surface area (Å²) in [5, 5.41) is 3.03. The summed E-state index contributed by atoms with van der Waals surface area (Å²) in [6, 6.07) is 0.0278. The van der Waals surface area contributed by atoms with E-state index in [1.807, 2.05) is 0 Å². The Morgan fingerprint density at radius 1 is 1.75 bits per heavy atom. The smallest absolute Gasteiger partial charge is 0.323 e. The highest BCUT2D eigenvalue weighted by molar-refractivity contribution is 5.79. The van der Waals surface area contributed by atoms with Crippen LogP contribution in [0.25, 0.3) is 0 Å². The van der Waals surface area contributed by atoms with Crippen molar-refractivity contribution in [3.05, 3.63) is 0 Å². The number of carbonyl (C=O) groups excluding carboxylic acids is 1. The van der Waals surface area contributed by atoms with Crippen LogP contribution in [0.5, 0.6) is 0 Å². The normalized spacial score (nSPS) is 42.8. The summed E-state index contributed by atoms with van der Waals surface area (Å²) in [4.78, 5) is 10.6. The fourth-order valence-electron chi connectivity index (χ4n) is 1.22. The van der Waals surface area contributed by atoms with Crippen LogP contribution in [0.3, 0.4) is 0 Å². The van der Waals surface area contributed by atoms with E-state index in [1.165, 1.54) is 0 Å². The second kappa shape index (κ2) is 1.23. The topological polar surface area (TPSA) is 38.3 Å². The molecule has 2 rings (SSSR count). The van der Waals surface area contributed by atoms with Crippen molar-refractivity contribution < 1.29 is 9.53 Å². The van der Waals surface area contributed by atoms with Crippen molar-refractivity contribution in [3.63, 3.8) is 0 Å². The summed E-state index contributed by atoms with van der Waals surface area (Å²) >= 11 is 0. The molecule has 0 aromatic heterocycles. The van der Waals surface area contributed by atoms with Gasteiger partial charge in [-0.25, -0.2) is 0 Å². The first-order valence-corrected chi connectivity index (χ1v) is 2.80. The lowest BCUT2D eigenvalue weighted by molar-refractivity contribution is -0.145. The minimum Gasteiger partial charge on any atom is -0.460 e. The molecule has 1 N–H and O–H groups in total. The van der Waals surface area contributed by atoms with Crippen LogP contribution in [0.15, 0.2) is 0 Å². The maximum absolute atomic E-state index is 10.6. The molecule has 0 amide bonds. The number of hydrogen-bond donors (Lipinski definition) is 1. The van der Waals surface area contributed by atoms with Crippen molar-refractivity contribution in [3.8, 4) is 0 Å². The summed E-state index contributed by atoms with van der Waals surface area (Å²) in [6.45, 7) is 0.858. The van der Waals surface area contributed by atoms with Crippen molar-refractivity contribution in [2.45, 2.75) is 18.6 Å². The Labute approximate surface area is 47.0 Å². The molecular weight excluding hydrogens is 106 g/mol. The van der Waals surface area contributed by atoms with Gasteiger partial charge in [-0.05, 0) is 0 Å². The maximum Gasteiger partial charge on any atom is 0.323 e. The highest BCUT2D eigenvalue weighted by atomic mass is 16.6. The van der Waals surface area contributed by atoms with Gasteiger partial charge in [0.25, 0.3) is 0 Å². The Hall–Kier alpha value is -0.570. The van der Waals surface area contributed by atoms with Gasteiger partial charge in [0.1, 0.15) is 12.1 Å². The second-order valence-corrected chi connectivity index (χ2v) is 2.26. The molecule has 3 heteroatoms. The highest BCUT2D eigenvalue weighted by Crippen LogP contribution is 2.19. The van der Waals surface area contributed by atoms with Gasteiger partial charge in [0.2, 0.25) is 0 Å². The Kier molecular flexibility index (Phi) is 0.663. The molecule has 1 unspecified atom stereocenters. The van der Waals surface area contributed by atoms with E-state index < -0.39 is 0 Å². The van der Waals surface area contributed by atoms with Gasteiger partial charge < -0.3 is 10.1 Å². The van der Waals surface area contributed by atoms with Crippen LogP contribution >= 0.6 is 0 Å². The van der Waals surface area contributed by atoms with Crippen molar-refractivity contribution in [2.24, 2.45) is 0 Å². The maximum atomic E-state index is 10.6. The van der Waals surface area contributed by atoms with Gasteiger partial charge in [0.15, 0.2) is 0 Å². The molecule has 2 heterocycles. The van der Waals surface area contributed by atoms with Gasteiger partial charge in [-0.15, -0.1) is 0 Å². The molecule has 0 aromatic carbocycles. The van der Waals surface area contributed by atoms with Gasteiger partial charge in [-0.3, -0.25) is 4.79 Å². The third kappa shape index (κ3) is 0.395. The zero-order valence-electron chi connectivity index (χ0n) is 4.39. The molecule has 2 atom stereocenters. The third-order valence-electron chi connectivity index (χ3n) is 1.66. The van der Waals surface area contributed by atoms with Crippen LogP contribution < -0.4 is 5.32 Å². The van der Waals surface area contributed by atoms with E-state index in [1.54, 1.807) is 0 Å². The molecule has 2 aliphatic rings. The first-order chi connectivity index (χ1) is 3.86. The molecular formula is C5H7NO2. The quantitative estimate of drug-likeness (QED) is 0.421. The molecule has 8 heavy (non-hydrogen) atoms. The van der Waals surface area contributed by atoms with Gasteiger partial charge >= 0.3 is 5.97 Å². The predicted octanol–water partition coefficient (Wildman–Crippen LogP) is -0.726. The average Bonchev–Trinajstić information content (AvgIpc) is 2.23. The monoisotopic (exact) mass is 113 g/mol. The lowest BCUT2D eigenvalue weighted by Gasteiger charge is -2.09. The predicted molar refractivity (Wildman–Crippen MR) is 26.3 cm³/mol. The van der Waals surface area contributed by atoms with Crippen LogP contribution in [0.1, 0.15) is 6.42 Å². The van der Waals surface area contributed by atoms with E-state index in [2.05, 4.69) is 5.32 Å². The molecule has 0 aromatic rings. The standard InChI is InChI=1S/C5H7NO2/c7-5-4-1-3(8-5)2-6-4/h3-4,6H,1-2H2/t3?,4-/m0/s1. The largest absolute Gasteiger partial charge is 0.460 e. The van der Waals surface area contributed by atoms with Crippen LogP contribution in [-0.2, 0) is 9.53 Å². The molecule has 2 fully saturated rings. The summed E-state index contributed by atoms with van der Waals surface area (Å²) in [7, 11) is 0. The van der Waals surface area contributed by atoms with E-state index >= 15 is 0 Å². The average molecular weight is 113 g/mol. The number of rotatable bonds is 0. The highest BCUT2D eigenvalue weighted by Gasteiger charge is 2.39. The lowest BCUT2D eigenvalue weighted by atomic mass is 10.2. The van der Waals surface area contributed by atoms with Crippen molar-refractivity contribution in [1.29, 1.82) is 0 Å². The van der Waals surface area contributed by atoms with Crippen LogP contribution in [0.2, 0.25) is 0 Å². The van der Waals surface area contributed by atoms with Gasteiger partial charge in [-0.1, -0.05) is 0 Å². The molecule has 44 valence electrons. The van der Waals surface area contributed by atoms with E-state index in [-0.39, 0.29) is 18.1 Å². The molecule has 3 nitrogen and oxygen atoms in total. The van der Waals surface area contributed by atoms with E-state index in [9.17, 15) is 4.79 Å². The van der Waals surface area contributed by atoms with Crippen molar-refractivity contribution >= 4 is 5.97 Å². The molecule has 2 saturated heterocycles. The fourth-order valence-corrected chi connectivity index (χ4v) is 1.22. The molecule has 0 saturated carbocycles. The summed E-state index contributed by atoms with van der Waals surface area (Å²) in [5.41, 5.74) is 0. The second-order valence-electron chi connectivity index (χ2n) is 2.26. The van der Waals surface area contributed by atoms with E-state index in [0.29, 0.717) is 0 Å². The minimum absolute atomic E-state index is 0.0278. The zero-order valence-corrected chi connectivity index (χ0v) is 4.39.